The molecule has 1 unspecified atom stereocenters. The van der Waals surface area contributed by atoms with E-state index in [1.807, 2.05) is 0 Å². The van der Waals surface area contributed by atoms with Crippen LogP contribution in [0.5, 0.6) is 0 Å². The maximum atomic E-state index is 12.9. The Morgan fingerprint density at radius 3 is 1.23 bits per heavy atom. The summed E-state index contributed by atoms with van der Waals surface area (Å²) in [5.74, 6) is 2.87. The van der Waals surface area contributed by atoms with Crippen molar-refractivity contribution in [2.45, 2.75) is 287 Å². The third-order valence-electron chi connectivity index (χ3n) is 14.4. The molecular formula is C63H128N4O3. The molecule has 7 nitrogen and oxygen atoms in total. The summed E-state index contributed by atoms with van der Waals surface area (Å²) in [6, 6.07) is 0. The number of rotatable bonds is 51. The number of carbonyl (C=O) groups excluding carboxylic acids is 1. The molecule has 1 aliphatic heterocycles. The van der Waals surface area contributed by atoms with E-state index in [1.54, 1.807) is 0 Å². The van der Waals surface area contributed by atoms with Gasteiger partial charge in [-0.15, -0.1) is 0 Å². The monoisotopic (exact) mass is 989 g/mol. The highest BCUT2D eigenvalue weighted by atomic mass is 16.5. The van der Waals surface area contributed by atoms with Crippen LogP contribution < -0.4 is 0 Å². The average molecular weight is 990 g/mol. The van der Waals surface area contributed by atoms with E-state index in [4.69, 9.17) is 9.47 Å². The highest BCUT2D eigenvalue weighted by molar-refractivity contribution is 5.76. The second-order valence-corrected chi connectivity index (χ2v) is 21.5. The van der Waals surface area contributed by atoms with Gasteiger partial charge in [0, 0.05) is 45.4 Å². The SMILES string of the molecule is C.C=C(CCCN(CCC)CCCCCCCCC)OCCCCC.C=C(CCCN(CCCCCCCCC)CCCCN1CCN(C(=O)CC(C)CCCCCCCCC)CC1)OCCCCC. The predicted molar refractivity (Wildman–Crippen MR) is 312 cm³/mol. The van der Waals surface area contributed by atoms with Crippen molar-refractivity contribution in [3.05, 3.63) is 24.7 Å². The van der Waals surface area contributed by atoms with Gasteiger partial charge in [-0.2, -0.15) is 0 Å². The van der Waals surface area contributed by atoms with E-state index in [1.165, 1.54) is 232 Å². The second-order valence-electron chi connectivity index (χ2n) is 21.5. The number of carbonyl (C=O) groups is 1. The van der Waals surface area contributed by atoms with E-state index < -0.39 is 0 Å². The average Bonchev–Trinajstić information content (AvgIpc) is 3.34. The molecule has 1 saturated heterocycles. The zero-order valence-corrected chi connectivity index (χ0v) is 48.2. The normalized spacial score (nSPS) is 13.3. The third-order valence-corrected chi connectivity index (χ3v) is 14.4. The lowest BCUT2D eigenvalue weighted by atomic mass is 9.98. The van der Waals surface area contributed by atoms with E-state index >= 15 is 0 Å². The van der Waals surface area contributed by atoms with Gasteiger partial charge in [-0.05, 0) is 110 Å². The minimum Gasteiger partial charge on any atom is -0.499 e. The fraction of sp³-hybridized carbons (Fsp3) is 0.921. The quantitative estimate of drug-likeness (QED) is 0.0447. The Bertz CT molecular complexity index is 1090. The largest absolute Gasteiger partial charge is 0.499 e. The third kappa shape index (κ3) is 47.4. The molecule has 1 atom stereocenters. The van der Waals surface area contributed by atoms with Crippen molar-refractivity contribution in [1.82, 2.24) is 19.6 Å². The summed E-state index contributed by atoms with van der Waals surface area (Å²) < 4.78 is 11.6. The lowest BCUT2D eigenvalue weighted by Crippen LogP contribution is -2.49. The molecule has 1 fully saturated rings. The van der Waals surface area contributed by atoms with Gasteiger partial charge in [-0.25, -0.2) is 0 Å². The first-order chi connectivity index (χ1) is 33.7. The number of nitrogens with zero attached hydrogens (tertiary/aromatic N) is 4. The molecule has 1 aliphatic rings. The number of hydrogen-bond acceptors (Lipinski definition) is 6. The zero-order valence-electron chi connectivity index (χ0n) is 48.2. The fourth-order valence-corrected chi connectivity index (χ4v) is 9.72. The van der Waals surface area contributed by atoms with E-state index in [9.17, 15) is 4.79 Å². The van der Waals surface area contributed by atoms with Crippen molar-refractivity contribution >= 4 is 5.91 Å². The number of piperazine rings is 1. The van der Waals surface area contributed by atoms with Crippen molar-refractivity contribution in [2.75, 3.05) is 85.2 Å². The van der Waals surface area contributed by atoms with Crippen molar-refractivity contribution in [3.8, 4) is 0 Å². The van der Waals surface area contributed by atoms with Crippen molar-refractivity contribution in [3.63, 3.8) is 0 Å². The van der Waals surface area contributed by atoms with Crippen LogP contribution in [0.15, 0.2) is 24.7 Å². The number of ether oxygens (including phenoxy) is 2. The number of hydrogen-bond donors (Lipinski definition) is 0. The van der Waals surface area contributed by atoms with Gasteiger partial charge in [0.2, 0.25) is 5.91 Å². The first-order valence-corrected chi connectivity index (χ1v) is 30.8. The highest BCUT2D eigenvalue weighted by Gasteiger charge is 2.22. The summed E-state index contributed by atoms with van der Waals surface area (Å²) in [4.78, 5) is 23.0. The Balaban J connectivity index is 0. The Morgan fingerprint density at radius 2 is 0.800 bits per heavy atom. The first-order valence-electron chi connectivity index (χ1n) is 30.8. The Kier molecular flexibility index (Phi) is 55.6. The molecule has 1 amide bonds. The lowest BCUT2D eigenvalue weighted by Gasteiger charge is -2.35. The molecule has 7 heteroatoms. The van der Waals surface area contributed by atoms with E-state index in [-0.39, 0.29) is 7.43 Å². The molecule has 418 valence electrons. The molecule has 70 heavy (non-hydrogen) atoms. The Hall–Kier alpha value is -1.57. The second kappa shape index (κ2) is 55.2. The van der Waals surface area contributed by atoms with Crippen LogP contribution in [0.2, 0.25) is 0 Å². The van der Waals surface area contributed by atoms with Crippen LogP contribution in [0.1, 0.15) is 287 Å². The standard InChI is InChI=1S/C40H79N3O2.C22H45NO.CH4/c1-6-9-12-14-16-18-20-26-38(4)37-40(44)43-34-32-42(33-35-43)30-23-22-29-41(28-21-19-17-15-13-10-7-2)31-25-27-39(5)45-36-24-11-8-3;1-5-8-10-11-12-13-14-19-23(18-7-3)20-16-17-22(4)24-21-15-9-6-2;/h38H,5-37H2,1-4H3;4-21H2,1-3H3;1H4. The highest BCUT2D eigenvalue weighted by Crippen LogP contribution is 2.18. The molecule has 0 aliphatic carbocycles. The van der Waals surface area contributed by atoms with Crippen LogP contribution >= 0.6 is 0 Å². The molecule has 0 aromatic rings. The molecular weight excluding hydrogens is 861 g/mol. The molecule has 0 N–H and O–H groups in total. The maximum absolute atomic E-state index is 12.9. The number of allylic oxidation sites excluding steroid dienone is 2. The Labute approximate surface area is 440 Å². The van der Waals surface area contributed by atoms with Gasteiger partial charge < -0.3 is 24.2 Å². The molecule has 1 rings (SSSR count). The zero-order chi connectivity index (χ0) is 50.7. The summed E-state index contributed by atoms with van der Waals surface area (Å²) in [6.07, 6.45) is 46.2. The molecule has 0 aromatic heterocycles. The van der Waals surface area contributed by atoms with Crippen LogP contribution in [-0.4, -0.2) is 111 Å². The van der Waals surface area contributed by atoms with Crippen LogP contribution in [0, 0.1) is 5.92 Å². The molecule has 1 heterocycles. The van der Waals surface area contributed by atoms with Crippen molar-refractivity contribution < 1.29 is 14.3 Å². The van der Waals surface area contributed by atoms with Crippen LogP contribution in [-0.2, 0) is 14.3 Å². The molecule has 0 bridgehead atoms. The van der Waals surface area contributed by atoms with E-state index in [0.717, 1.165) is 96.0 Å². The van der Waals surface area contributed by atoms with Crippen LogP contribution in [0.3, 0.4) is 0 Å². The predicted octanol–water partition coefficient (Wildman–Crippen LogP) is 18.2. The summed E-state index contributed by atoms with van der Waals surface area (Å²) in [5.41, 5.74) is 0. The van der Waals surface area contributed by atoms with E-state index in [0.29, 0.717) is 11.8 Å². The summed E-state index contributed by atoms with van der Waals surface area (Å²) in [7, 11) is 0. The minimum atomic E-state index is 0. The van der Waals surface area contributed by atoms with Gasteiger partial charge in [0.15, 0.2) is 0 Å². The minimum absolute atomic E-state index is 0. The Morgan fingerprint density at radius 1 is 0.443 bits per heavy atom. The summed E-state index contributed by atoms with van der Waals surface area (Å²) >= 11 is 0. The van der Waals surface area contributed by atoms with Gasteiger partial charge in [-0.1, -0.05) is 223 Å². The topological polar surface area (TPSA) is 48.5 Å². The van der Waals surface area contributed by atoms with Gasteiger partial charge in [0.05, 0.1) is 24.7 Å². The van der Waals surface area contributed by atoms with Gasteiger partial charge in [0.1, 0.15) is 0 Å². The molecule has 0 saturated carbocycles. The van der Waals surface area contributed by atoms with E-state index in [2.05, 4.69) is 81.2 Å². The van der Waals surface area contributed by atoms with Gasteiger partial charge in [0.25, 0.3) is 0 Å². The van der Waals surface area contributed by atoms with Gasteiger partial charge in [-0.3, -0.25) is 9.69 Å². The first kappa shape index (κ1) is 70.5. The molecule has 0 radical (unpaired) electrons. The van der Waals surface area contributed by atoms with Crippen LogP contribution in [0.25, 0.3) is 0 Å². The maximum Gasteiger partial charge on any atom is 0.222 e. The number of unbranched alkanes of at least 4 members (excludes halogenated alkanes) is 23. The van der Waals surface area contributed by atoms with Crippen molar-refractivity contribution in [2.24, 2.45) is 5.92 Å². The molecule has 0 aromatic carbocycles. The smallest absolute Gasteiger partial charge is 0.222 e. The fourth-order valence-electron chi connectivity index (χ4n) is 9.72. The summed E-state index contributed by atoms with van der Waals surface area (Å²) in [6.45, 7) is 38.2. The van der Waals surface area contributed by atoms with Crippen LogP contribution in [0.4, 0.5) is 0 Å². The molecule has 0 spiro atoms. The lowest BCUT2D eigenvalue weighted by molar-refractivity contribution is -0.133. The van der Waals surface area contributed by atoms with Gasteiger partial charge >= 0.3 is 0 Å². The van der Waals surface area contributed by atoms with Crippen molar-refractivity contribution in [1.29, 1.82) is 0 Å². The number of amides is 1. The summed E-state index contributed by atoms with van der Waals surface area (Å²) in [5, 5.41) is 0.